The summed E-state index contributed by atoms with van der Waals surface area (Å²) in [5.41, 5.74) is 0.469. The molecule has 31 heavy (non-hydrogen) atoms. The molecule has 0 amide bonds. The molecule has 158 valence electrons. The summed E-state index contributed by atoms with van der Waals surface area (Å²) in [6.45, 7) is 0. The van der Waals surface area contributed by atoms with E-state index in [0.29, 0.717) is 14.9 Å². The molecule has 1 aromatic heterocycles. The van der Waals surface area contributed by atoms with Crippen molar-refractivity contribution in [1.29, 1.82) is 0 Å². The van der Waals surface area contributed by atoms with Gasteiger partial charge in [-0.25, -0.2) is 17.2 Å². The van der Waals surface area contributed by atoms with Crippen LogP contribution in [-0.2, 0) is 10.0 Å². The van der Waals surface area contributed by atoms with Gasteiger partial charge in [0, 0.05) is 20.4 Å². The van der Waals surface area contributed by atoms with E-state index in [1.807, 2.05) is 0 Å². The predicted octanol–water partition coefficient (Wildman–Crippen LogP) is 6.02. The molecule has 0 spiro atoms. The van der Waals surface area contributed by atoms with Crippen LogP contribution < -0.4 is 0 Å². The fourth-order valence-electron chi connectivity index (χ4n) is 3.34. The summed E-state index contributed by atoms with van der Waals surface area (Å²) in [5.74, 6) is -1.82. The molecule has 0 unspecified atom stereocenters. The lowest BCUT2D eigenvalue weighted by molar-refractivity contribution is 0.0697. The van der Waals surface area contributed by atoms with Gasteiger partial charge in [-0.2, -0.15) is 0 Å². The van der Waals surface area contributed by atoms with Gasteiger partial charge in [-0.1, -0.05) is 57.3 Å². The lowest BCUT2D eigenvalue weighted by Crippen LogP contribution is -2.15. The Hall–Kier alpha value is -2.52. The van der Waals surface area contributed by atoms with Crippen molar-refractivity contribution in [3.63, 3.8) is 0 Å². The lowest BCUT2D eigenvalue weighted by Gasteiger charge is -2.15. The average molecular weight is 541 g/mol. The standard InChI is InChI=1S/C21H12BrCl2NO5S/c22-12-9-16(24)20(26)19(10-12)31(29,30)25-17-6-5-13(23)7-11(17)8-18(25)14-3-1-2-4-15(14)21(27)28/h1-10,26H,(H,27,28). The number of hydrogen-bond donors (Lipinski definition) is 2. The van der Waals surface area contributed by atoms with E-state index in [4.69, 9.17) is 23.2 Å². The number of aromatic hydroxyl groups is 1. The van der Waals surface area contributed by atoms with E-state index in [1.165, 1.54) is 42.5 Å². The van der Waals surface area contributed by atoms with Crippen LogP contribution in [0.4, 0.5) is 0 Å². The second-order valence-corrected chi connectivity index (χ2v) is 10.1. The van der Waals surface area contributed by atoms with Gasteiger partial charge in [0.2, 0.25) is 0 Å². The van der Waals surface area contributed by atoms with E-state index in [2.05, 4.69) is 15.9 Å². The maximum Gasteiger partial charge on any atom is 0.336 e. The van der Waals surface area contributed by atoms with E-state index in [1.54, 1.807) is 18.2 Å². The predicted molar refractivity (Wildman–Crippen MR) is 123 cm³/mol. The Morgan fingerprint density at radius 1 is 1.00 bits per heavy atom. The zero-order valence-electron chi connectivity index (χ0n) is 15.4. The van der Waals surface area contributed by atoms with Crippen molar-refractivity contribution in [2.75, 3.05) is 0 Å². The summed E-state index contributed by atoms with van der Waals surface area (Å²) in [5, 5.41) is 20.8. The maximum atomic E-state index is 13.7. The zero-order valence-corrected chi connectivity index (χ0v) is 19.3. The van der Waals surface area contributed by atoms with E-state index >= 15 is 0 Å². The molecule has 0 aliphatic rings. The Morgan fingerprint density at radius 2 is 1.71 bits per heavy atom. The Morgan fingerprint density at radius 3 is 2.42 bits per heavy atom. The molecule has 4 rings (SSSR count). The fraction of sp³-hybridized carbons (Fsp3) is 0. The molecular formula is C21H12BrCl2NO5S. The van der Waals surface area contributed by atoms with Crippen molar-refractivity contribution >= 4 is 66.0 Å². The first-order valence-corrected chi connectivity index (χ1v) is 11.7. The third-order valence-corrected chi connectivity index (χ3v) is 7.39. The van der Waals surface area contributed by atoms with Gasteiger partial charge in [-0.15, -0.1) is 0 Å². The number of halogens is 3. The summed E-state index contributed by atoms with van der Waals surface area (Å²) in [4.78, 5) is 11.4. The van der Waals surface area contributed by atoms with Gasteiger partial charge >= 0.3 is 5.97 Å². The number of aromatic carboxylic acids is 1. The number of phenolic OH excluding ortho intramolecular Hbond substituents is 1. The number of carboxylic acids is 1. The van der Waals surface area contributed by atoms with Gasteiger partial charge in [0.05, 0.1) is 21.8 Å². The van der Waals surface area contributed by atoms with E-state index in [9.17, 15) is 23.4 Å². The molecule has 0 fully saturated rings. The van der Waals surface area contributed by atoms with Crippen LogP contribution in [0.2, 0.25) is 10.0 Å². The summed E-state index contributed by atoms with van der Waals surface area (Å²) < 4.78 is 28.8. The fourth-order valence-corrected chi connectivity index (χ4v) is 6.20. The topological polar surface area (TPSA) is 96.6 Å². The minimum Gasteiger partial charge on any atom is -0.505 e. The molecule has 6 nitrogen and oxygen atoms in total. The number of fused-ring (bicyclic) bond motifs is 1. The summed E-state index contributed by atoms with van der Waals surface area (Å²) >= 11 is 15.3. The Bertz CT molecular complexity index is 1480. The monoisotopic (exact) mass is 539 g/mol. The SMILES string of the molecule is O=C(O)c1ccccc1-c1cc2cc(Cl)ccc2n1S(=O)(=O)c1cc(Br)cc(Cl)c1O. The minimum atomic E-state index is -4.42. The minimum absolute atomic E-state index is 0.0793. The molecule has 0 bridgehead atoms. The van der Waals surface area contributed by atoms with Gasteiger partial charge in [-0.3, -0.25) is 0 Å². The number of nitrogens with zero attached hydrogens (tertiary/aromatic N) is 1. The first-order chi connectivity index (χ1) is 14.6. The number of phenols is 1. The van der Waals surface area contributed by atoms with E-state index in [-0.39, 0.29) is 27.4 Å². The normalized spacial score (nSPS) is 11.7. The van der Waals surface area contributed by atoms with E-state index < -0.39 is 26.6 Å². The maximum absolute atomic E-state index is 13.7. The Labute approximate surface area is 195 Å². The number of benzene rings is 3. The summed E-state index contributed by atoms with van der Waals surface area (Å²) in [6.07, 6.45) is 0. The summed E-state index contributed by atoms with van der Waals surface area (Å²) in [7, 11) is -4.42. The highest BCUT2D eigenvalue weighted by molar-refractivity contribution is 9.10. The number of hydrogen-bond acceptors (Lipinski definition) is 4. The Kier molecular flexibility index (Phi) is 5.51. The molecule has 4 aromatic rings. The number of aromatic nitrogens is 1. The van der Waals surface area contributed by atoms with Gasteiger partial charge in [0.15, 0.2) is 5.75 Å². The molecule has 0 saturated carbocycles. The molecule has 3 aromatic carbocycles. The van der Waals surface area contributed by atoms with Crippen molar-refractivity contribution in [3.8, 4) is 17.0 Å². The van der Waals surface area contributed by atoms with Crippen molar-refractivity contribution in [2.45, 2.75) is 4.90 Å². The molecule has 0 radical (unpaired) electrons. The van der Waals surface area contributed by atoms with Crippen LogP contribution >= 0.6 is 39.1 Å². The van der Waals surface area contributed by atoms with Gasteiger partial charge in [0.25, 0.3) is 10.0 Å². The van der Waals surface area contributed by atoms with Crippen LogP contribution in [0.15, 0.2) is 70.0 Å². The second-order valence-electron chi connectivity index (χ2n) is 6.59. The molecule has 0 aliphatic heterocycles. The van der Waals surface area contributed by atoms with Crippen molar-refractivity contribution in [2.24, 2.45) is 0 Å². The second kappa shape index (κ2) is 7.87. The molecular weight excluding hydrogens is 529 g/mol. The molecule has 10 heteroatoms. The summed E-state index contributed by atoms with van der Waals surface area (Å²) in [6, 6.07) is 14.8. The Balaban J connectivity index is 2.14. The van der Waals surface area contributed by atoms with Gasteiger partial charge in [-0.05, 0) is 42.5 Å². The first kappa shape index (κ1) is 21.7. The van der Waals surface area contributed by atoms with Gasteiger partial charge in [0.1, 0.15) is 4.90 Å². The highest BCUT2D eigenvalue weighted by Crippen LogP contribution is 2.40. The van der Waals surface area contributed by atoms with Crippen LogP contribution in [0.5, 0.6) is 5.75 Å². The number of rotatable bonds is 4. The lowest BCUT2D eigenvalue weighted by atomic mass is 10.0. The van der Waals surface area contributed by atoms with E-state index in [0.717, 1.165) is 3.97 Å². The molecule has 1 heterocycles. The van der Waals surface area contributed by atoms with Crippen LogP contribution in [0, 0.1) is 0 Å². The smallest absolute Gasteiger partial charge is 0.336 e. The van der Waals surface area contributed by atoms with Crippen LogP contribution in [0.25, 0.3) is 22.2 Å². The average Bonchev–Trinajstić information content (AvgIpc) is 3.09. The molecule has 2 N–H and O–H groups in total. The largest absolute Gasteiger partial charge is 0.505 e. The highest BCUT2D eigenvalue weighted by Gasteiger charge is 2.29. The van der Waals surface area contributed by atoms with Crippen LogP contribution in [-0.4, -0.2) is 28.6 Å². The van der Waals surface area contributed by atoms with Crippen LogP contribution in [0.3, 0.4) is 0 Å². The van der Waals surface area contributed by atoms with Crippen LogP contribution in [0.1, 0.15) is 10.4 Å². The van der Waals surface area contributed by atoms with Gasteiger partial charge < -0.3 is 10.2 Å². The highest BCUT2D eigenvalue weighted by atomic mass is 79.9. The van der Waals surface area contributed by atoms with Crippen molar-refractivity contribution < 1.29 is 23.4 Å². The number of carbonyl (C=O) groups is 1. The molecule has 0 aliphatic carbocycles. The third kappa shape index (κ3) is 3.70. The zero-order chi connectivity index (χ0) is 22.5. The van der Waals surface area contributed by atoms with Crippen molar-refractivity contribution in [1.82, 2.24) is 3.97 Å². The molecule has 0 atom stereocenters. The quantitative estimate of drug-likeness (QED) is 0.330. The third-order valence-electron chi connectivity index (χ3n) is 4.66. The number of carboxylic acid groups (broad SMARTS) is 1. The first-order valence-electron chi connectivity index (χ1n) is 8.68. The molecule has 0 saturated heterocycles. The van der Waals surface area contributed by atoms with Crippen molar-refractivity contribution in [3.05, 3.63) is 80.7 Å².